The summed E-state index contributed by atoms with van der Waals surface area (Å²) in [5.41, 5.74) is 2.19. The maximum absolute atomic E-state index is 12.6. The molecule has 0 aliphatic carbocycles. The highest BCUT2D eigenvalue weighted by Crippen LogP contribution is 2.26. The third-order valence-electron chi connectivity index (χ3n) is 5.12. The molecular weight excluding hydrogens is 276 g/mol. The van der Waals surface area contributed by atoms with Gasteiger partial charge in [-0.25, -0.2) is 9.97 Å². The molecule has 0 atom stereocenters. The van der Waals surface area contributed by atoms with Crippen LogP contribution in [0.2, 0.25) is 0 Å². The Morgan fingerprint density at radius 2 is 1.73 bits per heavy atom. The van der Waals surface area contributed by atoms with Gasteiger partial charge in [-0.3, -0.25) is 4.79 Å². The van der Waals surface area contributed by atoms with Crippen LogP contribution in [-0.4, -0.2) is 47.0 Å². The van der Waals surface area contributed by atoms with Crippen LogP contribution < -0.4 is 4.90 Å². The van der Waals surface area contributed by atoms with Gasteiger partial charge in [-0.15, -0.1) is 0 Å². The van der Waals surface area contributed by atoms with Crippen LogP contribution in [0.15, 0.2) is 6.33 Å². The van der Waals surface area contributed by atoms with E-state index >= 15 is 0 Å². The maximum atomic E-state index is 12.6. The Hall–Kier alpha value is -1.65. The van der Waals surface area contributed by atoms with Crippen molar-refractivity contribution in [1.29, 1.82) is 0 Å². The summed E-state index contributed by atoms with van der Waals surface area (Å²) < 4.78 is 0. The molecule has 5 heteroatoms. The molecular formula is C17H26N4O. The fourth-order valence-electron chi connectivity index (χ4n) is 3.56. The van der Waals surface area contributed by atoms with Gasteiger partial charge in [-0.1, -0.05) is 0 Å². The lowest BCUT2D eigenvalue weighted by Crippen LogP contribution is -2.44. The molecule has 0 radical (unpaired) electrons. The predicted molar refractivity (Wildman–Crippen MR) is 86.9 cm³/mol. The van der Waals surface area contributed by atoms with Crippen LogP contribution in [0.4, 0.5) is 5.82 Å². The van der Waals surface area contributed by atoms with E-state index in [9.17, 15) is 4.79 Å². The molecule has 0 saturated carbocycles. The quantitative estimate of drug-likeness (QED) is 0.841. The summed E-state index contributed by atoms with van der Waals surface area (Å²) in [5.74, 6) is 1.63. The molecule has 1 aromatic rings. The first-order chi connectivity index (χ1) is 10.7. The molecule has 2 aliphatic rings. The topological polar surface area (TPSA) is 49.3 Å². The molecule has 0 spiro atoms. The van der Waals surface area contributed by atoms with E-state index in [1.54, 1.807) is 6.33 Å². The molecule has 1 amide bonds. The number of likely N-dealkylation sites (tertiary alicyclic amines) is 1. The second kappa shape index (κ2) is 6.63. The molecule has 3 rings (SSSR count). The average Bonchev–Trinajstić information content (AvgIpc) is 2.58. The van der Waals surface area contributed by atoms with Crippen molar-refractivity contribution < 1.29 is 4.79 Å². The lowest BCUT2D eigenvalue weighted by Gasteiger charge is -2.36. The summed E-state index contributed by atoms with van der Waals surface area (Å²) in [4.78, 5) is 25.7. The Kier molecular flexibility index (Phi) is 4.60. The standard InChI is InChI=1S/C17H26N4O/c1-13-14(2)18-12-19-16(13)20-10-6-15(7-11-20)17(22)21-8-4-3-5-9-21/h12,15H,3-11H2,1-2H3. The van der Waals surface area contributed by atoms with Crippen LogP contribution in [0.3, 0.4) is 0 Å². The third kappa shape index (κ3) is 3.08. The molecule has 3 heterocycles. The minimum absolute atomic E-state index is 0.206. The first-order valence-corrected chi connectivity index (χ1v) is 8.49. The zero-order chi connectivity index (χ0) is 15.5. The van der Waals surface area contributed by atoms with E-state index in [4.69, 9.17) is 0 Å². The van der Waals surface area contributed by atoms with Gasteiger partial charge in [0.25, 0.3) is 0 Å². The second-order valence-corrected chi connectivity index (χ2v) is 6.55. The fraction of sp³-hybridized carbons (Fsp3) is 0.706. The van der Waals surface area contributed by atoms with Gasteiger partial charge in [0.05, 0.1) is 0 Å². The van der Waals surface area contributed by atoms with Crippen molar-refractivity contribution >= 4 is 11.7 Å². The molecule has 0 aromatic carbocycles. The number of amides is 1. The highest BCUT2D eigenvalue weighted by atomic mass is 16.2. The Balaban J connectivity index is 1.60. The molecule has 1 aromatic heterocycles. The van der Waals surface area contributed by atoms with Gasteiger partial charge < -0.3 is 9.80 Å². The smallest absolute Gasteiger partial charge is 0.225 e. The zero-order valence-electron chi connectivity index (χ0n) is 13.7. The van der Waals surface area contributed by atoms with Gasteiger partial charge in [0.2, 0.25) is 5.91 Å². The van der Waals surface area contributed by atoms with Gasteiger partial charge >= 0.3 is 0 Å². The summed E-state index contributed by atoms with van der Waals surface area (Å²) in [7, 11) is 0. The van der Waals surface area contributed by atoms with Gasteiger partial charge in [-0.2, -0.15) is 0 Å². The first-order valence-electron chi connectivity index (χ1n) is 8.49. The summed E-state index contributed by atoms with van der Waals surface area (Å²) in [6, 6.07) is 0. The van der Waals surface area contributed by atoms with Gasteiger partial charge in [0.15, 0.2) is 0 Å². The van der Waals surface area contributed by atoms with Crippen LogP contribution in [0.5, 0.6) is 0 Å². The molecule has 5 nitrogen and oxygen atoms in total. The van der Waals surface area contributed by atoms with E-state index in [0.29, 0.717) is 5.91 Å². The lowest BCUT2D eigenvalue weighted by atomic mass is 9.94. The number of carbonyl (C=O) groups is 1. The van der Waals surface area contributed by atoms with Crippen LogP contribution >= 0.6 is 0 Å². The molecule has 2 fully saturated rings. The maximum Gasteiger partial charge on any atom is 0.225 e. The number of hydrogen-bond donors (Lipinski definition) is 0. The minimum atomic E-state index is 0.206. The highest BCUT2D eigenvalue weighted by Gasteiger charge is 2.30. The molecule has 0 bridgehead atoms. The number of rotatable bonds is 2. The second-order valence-electron chi connectivity index (χ2n) is 6.55. The lowest BCUT2D eigenvalue weighted by molar-refractivity contribution is -0.137. The predicted octanol–water partition coefficient (Wildman–Crippen LogP) is 2.32. The fourth-order valence-corrected chi connectivity index (χ4v) is 3.56. The van der Waals surface area contributed by atoms with Crippen molar-refractivity contribution in [2.75, 3.05) is 31.1 Å². The number of hydrogen-bond acceptors (Lipinski definition) is 4. The minimum Gasteiger partial charge on any atom is -0.356 e. The van der Waals surface area contributed by atoms with Crippen molar-refractivity contribution in [2.24, 2.45) is 5.92 Å². The number of aryl methyl sites for hydroxylation is 1. The van der Waals surface area contributed by atoms with E-state index in [2.05, 4.69) is 26.7 Å². The van der Waals surface area contributed by atoms with E-state index < -0.39 is 0 Å². The van der Waals surface area contributed by atoms with Crippen molar-refractivity contribution in [1.82, 2.24) is 14.9 Å². The molecule has 2 saturated heterocycles. The molecule has 0 unspecified atom stereocenters. The molecule has 120 valence electrons. The molecule has 2 aliphatic heterocycles. The number of nitrogens with zero attached hydrogens (tertiary/aromatic N) is 4. The van der Waals surface area contributed by atoms with Crippen LogP contribution in [0, 0.1) is 19.8 Å². The zero-order valence-corrected chi connectivity index (χ0v) is 13.7. The van der Waals surface area contributed by atoms with E-state index in [1.807, 2.05) is 6.92 Å². The van der Waals surface area contributed by atoms with Crippen molar-refractivity contribution in [3.63, 3.8) is 0 Å². The number of piperidine rings is 2. The van der Waals surface area contributed by atoms with E-state index in [0.717, 1.165) is 56.1 Å². The SMILES string of the molecule is Cc1ncnc(N2CCC(C(=O)N3CCCCC3)CC2)c1C. The van der Waals surface area contributed by atoms with Crippen molar-refractivity contribution in [2.45, 2.75) is 46.0 Å². The molecule has 22 heavy (non-hydrogen) atoms. The molecule has 0 N–H and O–H groups in total. The number of aromatic nitrogens is 2. The van der Waals surface area contributed by atoms with Gasteiger partial charge in [0.1, 0.15) is 12.1 Å². The number of carbonyl (C=O) groups excluding carboxylic acids is 1. The normalized spacial score (nSPS) is 20.3. The Morgan fingerprint density at radius 3 is 2.41 bits per heavy atom. The van der Waals surface area contributed by atoms with E-state index in [-0.39, 0.29) is 5.92 Å². The Morgan fingerprint density at radius 1 is 1.05 bits per heavy atom. The average molecular weight is 302 g/mol. The first kappa shape index (κ1) is 15.3. The summed E-state index contributed by atoms with van der Waals surface area (Å²) >= 11 is 0. The summed E-state index contributed by atoms with van der Waals surface area (Å²) in [5, 5.41) is 0. The Labute approximate surface area is 132 Å². The number of anilines is 1. The van der Waals surface area contributed by atoms with E-state index in [1.165, 1.54) is 19.3 Å². The summed E-state index contributed by atoms with van der Waals surface area (Å²) in [6.45, 7) is 7.86. The van der Waals surface area contributed by atoms with Crippen LogP contribution in [-0.2, 0) is 4.79 Å². The summed E-state index contributed by atoms with van der Waals surface area (Å²) in [6.07, 6.45) is 7.14. The van der Waals surface area contributed by atoms with Crippen LogP contribution in [0.1, 0.15) is 43.4 Å². The van der Waals surface area contributed by atoms with Crippen molar-refractivity contribution in [3.05, 3.63) is 17.6 Å². The van der Waals surface area contributed by atoms with Gasteiger partial charge in [0, 0.05) is 43.4 Å². The van der Waals surface area contributed by atoms with Gasteiger partial charge in [-0.05, 0) is 46.0 Å². The van der Waals surface area contributed by atoms with Crippen LogP contribution in [0.25, 0.3) is 0 Å². The highest BCUT2D eigenvalue weighted by molar-refractivity contribution is 5.79. The Bertz CT molecular complexity index is 531. The third-order valence-corrected chi connectivity index (χ3v) is 5.12. The van der Waals surface area contributed by atoms with Crippen molar-refractivity contribution in [3.8, 4) is 0 Å². The largest absolute Gasteiger partial charge is 0.356 e. The monoisotopic (exact) mass is 302 g/mol.